The number of rotatable bonds is 10. The predicted octanol–water partition coefficient (Wildman–Crippen LogP) is 1.96. The van der Waals surface area contributed by atoms with Crippen molar-refractivity contribution >= 4 is 12.0 Å². The third kappa shape index (κ3) is 5.88. The summed E-state index contributed by atoms with van der Waals surface area (Å²) < 4.78 is 10.5. The molecule has 0 saturated heterocycles. The van der Waals surface area contributed by atoms with Crippen LogP contribution in [0, 0.1) is 10.1 Å². The largest absolute Gasteiger partial charge is 0.484 e. The van der Waals surface area contributed by atoms with Crippen LogP contribution in [0.1, 0.15) is 30.1 Å². The molecule has 0 aliphatic carbocycles. The molecule has 116 valence electrons. The van der Waals surface area contributed by atoms with Crippen molar-refractivity contribution in [2.45, 2.75) is 25.9 Å². The standard InChI is InChI=1S/C14H19NO6/c1-2-3-6-20-9-12(17)10-21-14-7-11(8-16)4-5-13(14)15(18)19/h4-5,7-8,12,17H,2-3,6,9-10H2,1H3. The number of nitrogens with zero attached hydrogens (tertiary/aromatic N) is 1. The second-order valence-electron chi connectivity index (χ2n) is 4.50. The van der Waals surface area contributed by atoms with Gasteiger partial charge in [0.15, 0.2) is 5.75 Å². The van der Waals surface area contributed by atoms with Crippen LogP contribution in [0.4, 0.5) is 5.69 Å². The minimum Gasteiger partial charge on any atom is -0.484 e. The van der Waals surface area contributed by atoms with Crippen LogP contribution in [0.25, 0.3) is 0 Å². The van der Waals surface area contributed by atoms with Gasteiger partial charge in [0, 0.05) is 18.2 Å². The Kier molecular flexibility index (Phi) is 7.34. The highest BCUT2D eigenvalue weighted by Crippen LogP contribution is 2.27. The lowest BCUT2D eigenvalue weighted by atomic mass is 10.2. The minimum absolute atomic E-state index is 0.0443. The lowest BCUT2D eigenvalue weighted by Crippen LogP contribution is -2.24. The van der Waals surface area contributed by atoms with E-state index in [-0.39, 0.29) is 30.2 Å². The van der Waals surface area contributed by atoms with Crippen molar-refractivity contribution in [1.29, 1.82) is 0 Å². The Bertz CT molecular complexity index is 477. The zero-order chi connectivity index (χ0) is 15.7. The maximum Gasteiger partial charge on any atom is 0.310 e. The molecule has 0 aliphatic heterocycles. The van der Waals surface area contributed by atoms with E-state index in [1.807, 2.05) is 6.92 Å². The molecule has 1 aromatic rings. The maximum absolute atomic E-state index is 10.9. The maximum atomic E-state index is 10.9. The van der Waals surface area contributed by atoms with Crippen LogP contribution in [0.2, 0.25) is 0 Å². The average molecular weight is 297 g/mol. The zero-order valence-electron chi connectivity index (χ0n) is 11.9. The minimum atomic E-state index is -0.888. The van der Waals surface area contributed by atoms with Crippen molar-refractivity contribution in [2.24, 2.45) is 0 Å². The van der Waals surface area contributed by atoms with E-state index in [0.29, 0.717) is 12.9 Å². The summed E-state index contributed by atoms with van der Waals surface area (Å²) in [5.74, 6) is -0.0443. The number of nitro groups is 1. The summed E-state index contributed by atoms with van der Waals surface area (Å²) in [4.78, 5) is 20.9. The smallest absolute Gasteiger partial charge is 0.310 e. The molecular weight excluding hydrogens is 278 g/mol. The fourth-order valence-corrected chi connectivity index (χ4v) is 1.57. The SMILES string of the molecule is CCCCOCC(O)COc1cc(C=O)ccc1[N+](=O)[O-]. The van der Waals surface area contributed by atoms with E-state index < -0.39 is 11.0 Å². The summed E-state index contributed by atoms with van der Waals surface area (Å²) in [6.07, 6.45) is 1.58. The van der Waals surface area contributed by atoms with Gasteiger partial charge in [0.25, 0.3) is 0 Å². The Hall–Kier alpha value is -1.99. The predicted molar refractivity (Wildman–Crippen MR) is 75.7 cm³/mol. The van der Waals surface area contributed by atoms with Crippen molar-refractivity contribution < 1.29 is 24.3 Å². The van der Waals surface area contributed by atoms with E-state index >= 15 is 0 Å². The van der Waals surface area contributed by atoms with Crippen LogP contribution in [0.5, 0.6) is 5.75 Å². The first kappa shape index (κ1) is 17.1. The normalized spacial score (nSPS) is 11.9. The first-order valence-corrected chi connectivity index (χ1v) is 6.70. The summed E-state index contributed by atoms with van der Waals surface area (Å²) in [6, 6.07) is 3.81. The van der Waals surface area contributed by atoms with Crippen molar-refractivity contribution in [1.82, 2.24) is 0 Å². The van der Waals surface area contributed by atoms with Gasteiger partial charge in [-0.15, -0.1) is 0 Å². The fraction of sp³-hybridized carbons (Fsp3) is 0.500. The van der Waals surface area contributed by atoms with Gasteiger partial charge >= 0.3 is 5.69 Å². The van der Waals surface area contributed by atoms with Crippen molar-refractivity contribution in [2.75, 3.05) is 19.8 Å². The number of hydrogen-bond donors (Lipinski definition) is 1. The number of carbonyl (C=O) groups excluding carboxylic acids is 1. The number of carbonyl (C=O) groups is 1. The number of aldehydes is 1. The highest BCUT2D eigenvalue weighted by Gasteiger charge is 2.17. The Morgan fingerprint density at radius 1 is 1.43 bits per heavy atom. The van der Waals surface area contributed by atoms with Crippen LogP contribution in [0.15, 0.2) is 18.2 Å². The summed E-state index contributed by atoms with van der Waals surface area (Å²) in [5, 5.41) is 20.5. The number of benzene rings is 1. The molecule has 1 aromatic carbocycles. The van der Waals surface area contributed by atoms with Gasteiger partial charge in [0.2, 0.25) is 0 Å². The third-order valence-electron chi connectivity index (χ3n) is 2.70. The molecule has 1 unspecified atom stereocenters. The molecule has 0 aromatic heterocycles. The van der Waals surface area contributed by atoms with Gasteiger partial charge in [0.05, 0.1) is 11.5 Å². The van der Waals surface area contributed by atoms with E-state index in [2.05, 4.69) is 0 Å². The van der Waals surface area contributed by atoms with Gasteiger partial charge < -0.3 is 14.6 Å². The molecule has 0 saturated carbocycles. The van der Waals surface area contributed by atoms with Crippen LogP contribution in [0.3, 0.4) is 0 Å². The van der Waals surface area contributed by atoms with Crippen LogP contribution >= 0.6 is 0 Å². The summed E-state index contributed by atoms with van der Waals surface area (Å²) in [5.41, 5.74) is 0.0176. The molecule has 1 atom stereocenters. The van der Waals surface area contributed by atoms with Gasteiger partial charge in [-0.25, -0.2) is 0 Å². The highest BCUT2D eigenvalue weighted by atomic mass is 16.6. The molecule has 21 heavy (non-hydrogen) atoms. The number of aliphatic hydroxyl groups is 1. The first-order chi connectivity index (χ1) is 10.1. The Morgan fingerprint density at radius 3 is 2.81 bits per heavy atom. The van der Waals surface area contributed by atoms with Gasteiger partial charge in [-0.1, -0.05) is 13.3 Å². The fourth-order valence-electron chi connectivity index (χ4n) is 1.57. The molecule has 0 radical (unpaired) electrons. The van der Waals surface area contributed by atoms with E-state index in [1.54, 1.807) is 0 Å². The topological polar surface area (TPSA) is 98.9 Å². The molecule has 7 nitrogen and oxygen atoms in total. The van der Waals surface area contributed by atoms with Crippen LogP contribution in [-0.2, 0) is 4.74 Å². The van der Waals surface area contributed by atoms with Gasteiger partial charge in [-0.3, -0.25) is 14.9 Å². The highest BCUT2D eigenvalue weighted by molar-refractivity contribution is 5.76. The summed E-state index contributed by atoms with van der Waals surface area (Å²) in [7, 11) is 0. The van der Waals surface area contributed by atoms with Gasteiger partial charge in [-0.05, 0) is 18.6 Å². The second-order valence-corrected chi connectivity index (χ2v) is 4.50. The molecule has 0 heterocycles. The number of aliphatic hydroxyl groups excluding tert-OH is 1. The van der Waals surface area contributed by atoms with Gasteiger partial charge in [0.1, 0.15) is 19.0 Å². The lowest BCUT2D eigenvalue weighted by molar-refractivity contribution is -0.385. The van der Waals surface area contributed by atoms with E-state index in [0.717, 1.165) is 12.8 Å². The second kappa shape index (κ2) is 9.04. The molecule has 0 spiro atoms. The lowest BCUT2D eigenvalue weighted by Gasteiger charge is -2.13. The zero-order valence-corrected chi connectivity index (χ0v) is 11.9. The summed E-state index contributed by atoms with van der Waals surface area (Å²) >= 11 is 0. The van der Waals surface area contributed by atoms with Crippen molar-refractivity contribution in [3.8, 4) is 5.75 Å². The van der Waals surface area contributed by atoms with E-state index in [1.165, 1.54) is 18.2 Å². The molecule has 0 amide bonds. The van der Waals surface area contributed by atoms with Crippen LogP contribution in [-0.4, -0.2) is 42.2 Å². The molecule has 0 aliphatic rings. The van der Waals surface area contributed by atoms with Crippen molar-refractivity contribution in [3.05, 3.63) is 33.9 Å². The van der Waals surface area contributed by atoms with Crippen LogP contribution < -0.4 is 4.74 Å². The van der Waals surface area contributed by atoms with Gasteiger partial charge in [-0.2, -0.15) is 0 Å². The Balaban J connectivity index is 2.56. The monoisotopic (exact) mass is 297 g/mol. The third-order valence-corrected chi connectivity index (χ3v) is 2.70. The molecule has 1 rings (SSSR count). The number of hydrogen-bond acceptors (Lipinski definition) is 6. The molecule has 0 bridgehead atoms. The molecule has 1 N–H and O–H groups in total. The summed E-state index contributed by atoms with van der Waals surface area (Å²) in [6.45, 7) is 2.53. The number of nitro benzene ring substituents is 1. The first-order valence-electron chi connectivity index (χ1n) is 6.70. The number of ether oxygens (including phenoxy) is 2. The molecular formula is C14H19NO6. The Morgan fingerprint density at radius 2 is 2.19 bits per heavy atom. The van der Waals surface area contributed by atoms with E-state index in [4.69, 9.17) is 9.47 Å². The van der Waals surface area contributed by atoms with Crippen molar-refractivity contribution in [3.63, 3.8) is 0 Å². The molecule has 0 fully saturated rings. The van der Waals surface area contributed by atoms with E-state index in [9.17, 15) is 20.0 Å². The Labute approximate surface area is 122 Å². The number of unbranched alkanes of at least 4 members (excludes halogenated alkanes) is 1. The molecule has 7 heteroatoms. The quantitative estimate of drug-likeness (QED) is 0.307. The average Bonchev–Trinajstić information content (AvgIpc) is 2.49.